The maximum absolute atomic E-state index is 12.2. The molecule has 0 aromatic heterocycles. The fraction of sp³-hybridized carbons (Fsp3) is 0.381. The van der Waals surface area contributed by atoms with Gasteiger partial charge in [0.25, 0.3) is 0 Å². The van der Waals surface area contributed by atoms with Crippen LogP contribution in [-0.4, -0.2) is 41.0 Å². The summed E-state index contributed by atoms with van der Waals surface area (Å²) in [6.07, 6.45) is 2.49. The number of nitrogens with zero attached hydrogens (tertiary/aromatic N) is 1. The molecule has 1 amide bonds. The molecule has 2 N–H and O–H groups in total. The molecule has 0 aliphatic carbocycles. The van der Waals surface area contributed by atoms with Crippen LogP contribution in [0, 0.1) is 0 Å². The first kappa shape index (κ1) is 17.7. The number of para-hydroxylation sites is 1. The van der Waals surface area contributed by atoms with Crippen LogP contribution in [0.3, 0.4) is 0 Å². The van der Waals surface area contributed by atoms with Gasteiger partial charge in [-0.05, 0) is 24.5 Å². The Morgan fingerprint density at radius 3 is 2.71 bits per heavy atom. The lowest BCUT2D eigenvalue weighted by atomic mass is 9.71. The van der Waals surface area contributed by atoms with Crippen molar-refractivity contribution in [2.24, 2.45) is 0 Å². The summed E-state index contributed by atoms with van der Waals surface area (Å²) in [7, 11) is -1.68. The smallest absolute Gasteiger partial charge is 0.475 e. The lowest BCUT2D eigenvalue weighted by Crippen LogP contribution is -2.56. The van der Waals surface area contributed by atoms with E-state index in [1.54, 1.807) is 0 Å². The second-order valence-electron chi connectivity index (χ2n) is 7.79. The largest absolute Gasteiger partial charge is 0.493 e. The van der Waals surface area contributed by atoms with E-state index in [1.807, 2.05) is 48.5 Å². The number of fused-ring (bicyclic) bond motifs is 6. The van der Waals surface area contributed by atoms with Gasteiger partial charge in [-0.1, -0.05) is 42.5 Å². The second-order valence-corrected chi connectivity index (χ2v) is 7.79. The zero-order valence-electron chi connectivity index (χ0n) is 15.4. The fourth-order valence-electron chi connectivity index (χ4n) is 5.09. The molecule has 3 heterocycles. The van der Waals surface area contributed by atoms with Crippen LogP contribution in [0.1, 0.15) is 48.0 Å². The summed E-state index contributed by atoms with van der Waals surface area (Å²) in [5.74, 6) is -0.00394. The van der Waals surface area contributed by atoms with E-state index in [-0.39, 0.29) is 12.0 Å². The average Bonchev–Trinajstić information content (AvgIpc) is 3.41. The summed E-state index contributed by atoms with van der Waals surface area (Å²) in [5, 5.41) is 20.4. The van der Waals surface area contributed by atoms with Gasteiger partial charge in [0, 0.05) is 23.5 Å². The predicted molar refractivity (Wildman–Crippen MR) is 102 cm³/mol. The van der Waals surface area contributed by atoms with Gasteiger partial charge < -0.3 is 24.4 Å². The van der Waals surface area contributed by atoms with Crippen molar-refractivity contribution in [3.8, 4) is 5.75 Å². The van der Waals surface area contributed by atoms with Crippen LogP contribution in [0.4, 0.5) is 0 Å². The van der Waals surface area contributed by atoms with Crippen molar-refractivity contribution in [1.29, 1.82) is 0 Å². The highest BCUT2D eigenvalue weighted by Crippen LogP contribution is 2.56. The lowest BCUT2D eigenvalue weighted by molar-refractivity contribution is -0.163. The molecule has 4 atom stereocenters. The number of carbonyl (C=O) groups is 1. The van der Waals surface area contributed by atoms with Gasteiger partial charge in [-0.2, -0.15) is 0 Å². The van der Waals surface area contributed by atoms with E-state index >= 15 is 0 Å². The van der Waals surface area contributed by atoms with Crippen LogP contribution in [-0.2, 0) is 15.3 Å². The molecule has 0 radical (unpaired) electrons. The molecule has 0 saturated carbocycles. The summed E-state index contributed by atoms with van der Waals surface area (Å²) < 4.78 is 12.0. The van der Waals surface area contributed by atoms with Gasteiger partial charge in [0.1, 0.15) is 5.75 Å². The Balaban J connectivity index is 1.49. The molecule has 7 heteroatoms. The summed E-state index contributed by atoms with van der Waals surface area (Å²) in [5.41, 5.74) is 2.14. The number of amides is 1. The molecule has 144 valence electrons. The van der Waals surface area contributed by atoms with Gasteiger partial charge in [-0.3, -0.25) is 4.79 Å². The minimum Gasteiger partial charge on any atom is -0.493 e. The number of ether oxygens (including phenoxy) is 2. The Kier molecular flexibility index (Phi) is 4.19. The van der Waals surface area contributed by atoms with Crippen molar-refractivity contribution in [3.05, 3.63) is 65.2 Å². The Bertz CT molecular complexity index is 906. The first-order valence-corrected chi connectivity index (χ1v) is 9.73. The van der Waals surface area contributed by atoms with E-state index in [9.17, 15) is 14.8 Å². The van der Waals surface area contributed by atoms with Crippen LogP contribution in [0.15, 0.2) is 48.5 Å². The summed E-state index contributed by atoms with van der Waals surface area (Å²) in [6, 6.07) is 15.6. The van der Waals surface area contributed by atoms with Crippen LogP contribution in [0.5, 0.6) is 5.75 Å². The van der Waals surface area contributed by atoms with E-state index in [0.29, 0.717) is 25.9 Å². The van der Waals surface area contributed by atoms with Gasteiger partial charge in [0.15, 0.2) is 5.72 Å². The summed E-state index contributed by atoms with van der Waals surface area (Å²) in [6.45, 7) is 0.461. The van der Waals surface area contributed by atoms with E-state index in [4.69, 9.17) is 9.47 Å². The predicted octanol–water partition coefficient (Wildman–Crippen LogP) is 2.11. The van der Waals surface area contributed by atoms with E-state index in [0.717, 1.165) is 28.9 Å². The van der Waals surface area contributed by atoms with Crippen LogP contribution < -0.4 is 4.74 Å². The minimum atomic E-state index is -1.68. The van der Waals surface area contributed by atoms with Crippen LogP contribution in [0.25, 0.3) is 0 Å². The summed E-state index contributed by atoms with van der Waals surface area (Å²) >= 11 is 0. The van der Waals surface area contributed by atoms with Gasteiger partial charge in [0.05, 0.1) is 18.7 Å². The van der Waals surface area contributed by atoms with Crippen molar-refractivity contribution in [3.63, 3.8) is 0 Å². The van der Waals surface area contributed by atoms with Crippen molar-refractivity contribution in [2.45, 2.75) is 43.0 Å². The number of benzene rings is 2. The normalized spacial score (nSPS) is 27.6. The van der Waals surface area contributed by atoms with E-state index < -0.39 is 18.8 Å². The fourth-order valence-corrected chi connectivity index (χ4v) is 5.09. The van der Waals surface area contributed by atoms with Crippen LogP contribution >= 0.6 is 0 Å². The van der Waals surface area contributed by atoms with E-state index in [2.05, 4.69) is 0 Å². The third-order valence-corrected chi connectivity index (χ3v) is 6.37. The molecule has 0 unspecified atom stereocenters. The van der Waals surface area contributed by atoms with Crippen molar-refractivity contribution in [2.75, 3.05) is 6.61 Å². The molecule has 1 fully saturated rings. The molecule has 2 aromatic carbocycles. The van der Waals surface area contributed by atoms with Crippen molar-refractivity contribution in [1.82, 2.24) is 4.90 Å². The number of carbonyl (C=O) groups excluding carboxylic acids is 1. The highest BCUT2D eigenvalue weighted by Gasteiger charge is 2.57. The first-order valence-electron chi connectivity index (χ1n) is 9.73. The van der Waals surface area contributed by atoms with Gasteiger partial charge in [0.2, 0.25) is 6.41 Å². The first-order chi connectivity index (χ1) is 13.6. The second kappa shape index (κ2) is 6.62. The molecular weight excluding hydrogens is 357 g/mol. The molecule has 6 nitrogen and oxygen atoms in total. The van der Waals surface area contributed by atoms with Crippen LogP contribution in [0.2, 0.25) is 0 Å². The molecular formula is C21H22BNO5. The summed E-state index contributed by atoms with van der Waals surface area (Å²) in [4.78, 5) is 13.7. The monoisotopic (exact) mass is 379 g/mol. The van der Waals surface area contributed by atoms with Gasteiger partial charge in [-0.25, -0.2) is 0 Å². The number of hydrogen-bond donors (Lipinski definition) is 2. The Labute approximate surface area is 163 Å². The standard InChI is InChI=1S/C21H22BNO5/c24-13-23(21-10-9-19(28-21)16-6-1-3-7-17(16)21)20(22(25)26)11-14-12-27-18-8-4-2-5-15(14)18/h1-8,13-14,19-20,25-26H,9-12H2/t14-,19-,20+,21+/m1/s1. The quantitative estimate of drug-likeness (QED) is 0.594. The molecule has 28 heavy (non-hydrogen) atoms. The molecule has 1 saturated heterocycles. The molecule has 3 aliphatic heterocycles. The topological polar surface area (TPSA) is 79.2 Å². The highest BCUT2D eigenvalue weighted by molar-refractivity contribution is 6.43. The zero-order chi connectivity index (χ0) is 19.3. The SMILES string of the molecule is O=CN([C@@H](C[C@@H]1COc2ccccc21)B(O)O)[C@@]12CC[C@@H](O1)c1ccccc12. The Morgan fingerprint density at radius 2 is 1.93 bits per heavy atom. The lowest BCUT2D eigenvalue weighted by Gasteiger charge is -2.42. The highest BCUT2D eigenvalue weighted by atomic mass is 16.5. The maximum Gasteiger partial charge on any atom is 0.475 e. The zero-order valence-corrected chi connectivity index (χ0v) is 15.4. The molecule has 2 bridgehead atoms. The van der Waals surface area contributed by atoms with Gasteiger partial charge >= 0.3 is 7.12 Å². The third kappa shape index (κ3) is 2.50. The maximum atomic E-state index is 12.2. The van der Waals surface area contributed by atoms with Crippen molar-refractivity contribution >= 4 is 13.5 Å². The van der Waals surface area contributed by atoms with E-state index in [1.165, 1.54) is 4.90 Å². The van der Waals surface area contributed by atoms with Crippen molar-refractivity contribution < 1.29 is 24.3 Å². The number of rotatable bonds is 6. The average molecular weight is 379 g/mol. The number of hydrogen-bond acceptors (Lipinski definition) is 5. The third-order valence-electron chi connectivity index (χ3n) is 6.37. The minimum absolute atomic E-state index is 0.0179. The Morgan fingerprint density at radius 1 is 1.18 bits per heavy atom. The molecule has 3 aliphatic rings. The molecule has 0 spiro atoms. The molecule has 2 aromatic rings. The Hall–Kier alpha value is -2.35. The van der Waals surface area contributed by atoms with Gasteiger partial charge in [-0.15, -0.1) is 0 Å². The molecule has 5 rings (SSSR count).